The van der Waals surface area contributed by atoms with Crippen LogP contribution in [-0.4, -0.2) is 25.0 Å². The molecule has 0 aliphatic carbocycles. The summed E-state index contributed by atoms with van der Waals surface area (Å²) in [7, 11) is 0. The summed E-state index contributed by atoms with van der Waals surface area (Å²) in [6.07, 6.45) is 1.35. The summed E-state index contributed by atoms with van der Waals surface area (Å²) in [5.74, 6) is 0.229. The van der Waals surface area contributed by atoms with E-state index < -0.39 is 5.91 Å². The van der Waals surface area contributed by atoms with Crippen LogP contribution in [0.2, 0.25) is 0 Å². The molecular weight excluding hydrogens is 288 g/mol. The molecule has 0 saturated carbocycles. The molecule has 3 rings (SSSR count). The Kier molecular flexibility index (Phi) is 3.69. The molecule has 1 aliphatic heterocycles. The van der Waals surface area contributed by atoms with Crippen LogP contribution in [0, 0.1) is 0 Å². The lowest BCUT2D eigenvalue weighted by molar-refractivity contribution is -0.114. The van der Waals surface area contributed by atoms with E-state index in [-0.39, 0.29) is 11.7 Å². The quantitative estimate of drug-likeness (QED) is 0.907. The van der Waals surface area contributed by atoms with Crippen molar-refractivity contribution in [3.05, 3.63) is 36.3 Å². The Morgan fingerprint density at radius 1 is 1.00 bits per heavy atom. The van der Waals surface area contributed by atoms with E-state index in [0.717, 1.165) is 0 Å². The molecule has 114 valence electrons. The molecule has 2 aromatic rings. The van der Waals surface area contributed by atoms with Crippen molar-refractivity contribution in [2.24, 2.45) is 0 Å². The highest BCUT2D eigenvalue weighted by Crippen LogP contribution is 2.36. The zero-order valence-corrected chi connectivity index (χ0v) is 11.8. The molecule has 1 aromatic carbocycles. The lowest BCUT2D eigenvalue weighted by atomic mass is 10.2. The fraction of sp³-hybridized carbons (Fsp3) is 0.200. The average molecular weight is 302 g/mol. The highest BCUT2D eigenvalue weighted by atomic mass is 16.6. The van der Waals surface area contributed by atoms with Gasteiger partial charge in [0, 0.05) is 18.3 Å². The summed E-state index contributed by atoms with van der Waals surface area (Å²) in [4.78, 5) is 23.1. The number of fused-ring (bicyclic) bond motifs is 1. The minimum atomic E-state index is -0.431. The summed E-state index contributed by atoms with van der Waals surface area (Å²) < 4.78 is 15.9. The second kappa shape index (κ2) is 5.80. The summed E-state index contributed by atoms with van der Waals surface area (Å²) >= 11 is 0. The number of benzene rings is 1. The lowest BCUT2D eigenvalue weighted by Gasteiger charge is -2.14. The zero-order chi connectivity index (χ0) is 15.5. The normalized spacial score (nSPS) is 12.6. The van der Waals surface area contributed by atoms with Crippen molar-refractivity contribution in [3.63, 3.8) is 0 Å². The monoisotopic (exact) mass is 302 g/mol. The van der Waals surface area contributed by atoms with Crippen LogP contribution in [0.4, 0.5) is 11.4 Å². The summed E-state index contributed by atoms with van der Waals surface area (Å²) in [5, 5.41) is 5.34. The minimum absolute atomic E-state index is 0.0700. The predicted octanol–water partition coefficient (Wildman–Crippen LogP) is 2.26. The van der Waals surface area contributed by atoms with Crippen LogP contribution in [0.15, 0.2) is 34.9 Å². The van der Waals surface area contributed by atoms with Gasteiger partial charge in [-0.1, -0.05) is 0 Å². The third-order valence-electron chi connectivity index (χ3n) is 2.97. The largest absolute Gasteiger partial charge is 0.483 e. The van der Waals surface area contributed by atoms with Crippen LogP contribution in [0.3, 0.4) is 0 Å². The SMILES string of the molecule is CC(=O)Nc1ccc(NC(=O)c2occ3c2OCCO3)cc1. The molecule has 0 spiro atoms. The molecule has 0 atom stereocenters. The molecule has 1 aliphatic rings. The number of anilines is 2. The first-order valence-electron chi connectivity index (χ1n) is 6.69. The van der Waals surface area contributed by atoms with Gasteiger partial charge in [0.2, 0.25) is 23.2 Å². The van der Waals surface area contributed by atoms with E-state index in [1.807, 2.05) is 0 Å². The molecule has 7 nitrogen and oxygen atoms in total. The van der Waals surface area contributed by atoms with E-state index in [2.05, 4.69) is 10.6 Å². The maximum atomic E-state index is 12.2. The van der Waals surface area contributed by atoms with Crippen LogP contribution in [0.1, 0.15) is 17.5 Å². The molecule has 0 bridgehead atoms. The zero-order valence-electron chi connectivity index (χ0n) is 11.8. The Hall–Kier alpha value is -2.96. The van der Waals surface area contributed by atoms with Crippen molar-refractivity contribution in [1.29, 1.82) is 0 Å². The van der Waals surface area contributed by atoms with Crippen molar-refractivity contribution in [1.82, 2.24) is 0 Å². The number of carbonyl (C=O) groups excluding carboxylic acids is 2. The molecule has 2 amide bonds. The van der Waals surface area contributed by atoms with Crippen molar-refractivity contribution < 1.29 is 23.5 Å². The van der Waals surface area contributed by atoms with Crippen molar-refractivity contribution in [3.8, 4) is 11.5 Å². The first-order valence-corrected chi connectivity index (χ1v) is 6.69. The first kappa shape index (κ1) is 14.0. The number of rotatable bonds is 3. The van der Waals surface area contributed by atoms with Gasteiger partial charge in [-0.3, -0.25) is 9.59 Å². The van der Waals surface area contributed by atoms with Gasteiger partial charge in [-0.2, -0.15) is 0 Å². The standard InChI is InChI=1S/C15H14N2O5/c1-9(18)16-10-2-4-11(5-3-10)17-15(19)14-13-12(8-22-14)20-6-7-21-13/h2-5,8H,6-7H2,1H3,(H,16,18)(H,17,19). The molecule has 0 saturated heterocycles. The van der Waals surface area contributed by atoms with Crippen LogP contribution >= 0.6 is 0 Å². The van der Waals surface area contributed by atoms with E-state index >= 15 is 0 Å². The number of nitrogens with one attached hydrogen (secondary N) is 2. The summed E-state index contributed by atoms with van der Waals surface area (Å²) in [5.41, 5.74) is 1.22. The van der Waals surface area contributed by atoms with Crippen LogP contribution in [0.5, 0.6) is 11.5 Å². The highest BCUT2D eigenvalue weighted by Gasteiger charge is 2.25. The van der Waals surface area contributed by atoms with Crippen molar-refractivity contribution in [2.45, 2.75) is 6.92 Å². The Labute approximate surface area is 126 Å². The first-order chi connectivity index (χ1) is 10.6. The van der Waals surface area contributed by atoms with E-state index in [0.29, 0.717) is 36.1 Å². The molecule has 0 radical (unpaired) electrons. The number of amides is 2. The van der Waals surface area contributed by atoms with Gasteiger partial charge in [-0.05, 0) is 24.3 Å². The maximum Gasteiger partial charge on any atom is 0.295 e. The van der Waals surface area contributed by atoms with Gasteiger partial charge in [0.25, 0.3) is 5.91 Å². The van der Waals surface area contributed by atoms with E-state index in [1.165, 1.54) is 13.2 Å². The summed E-state index contributed by atoms with van der Waals surface area (Å²) in [6, 6.07) is 6.73. The van der Waals surface area contributed by atoms with Crippen LogP contribution < -0.4 is 20.1 Å². The molecule has 2 heterocycles. The van der Waals surface area contributed by atoms with Gasteiger partial charge in [0.1, 0.15) is 19.5 Å². The Bertz CT molecular complexity index is 705. The number of hydrogen-bond donors (Lipinski definition) is 2. The number of hydrogen-bond acceptors (Lipinski definition) is 5. The van der Waals surface area contributed by atoms with E-state index in [9.17, 15) is 9.59 Å². The van der Waals surface area contributed by atoms with Crippen molar-refractivity contribution >= 4 is 23.2 Å². The highest BCUT2D eigenvalue weighted by molar-refractivity contribution is 6.04. The molecule has 1 aromatic heterocycles. The molecule has 0 fully saturated rings. The second-order valence-corrected chi connectivity index (χ2v) is 4.67. The maximum absolute atomic E-state index is 12.2. The van der Waals surface area contributed by atoms with Crippen LogP contribution in [0.25, 0.3) is 0 Å². The fourth-order valence-electron chi connectivity index (χ4n) is 2.05. The number of carbonyl (C=O) groups is 2. The fourth-order valence-corrected chi connectivity index (χ4v) is 2.05. The molecule has 22 heavy (non-hydrogen) atoms. The van der Waals surface area contributed by atoms with Crippen molar-refractivity contribution in [2.75, 3.05) is 23.8 Å². The lowest BCUT2D eigenvalue weighted by Crippen LogP contribution is -2.18. The molecule has 7 heteroatoms. The molecule has 2 N–H and O–H groups in total. The predicted molar refractivity (Wildman–Crippen MR) is 78.4 cm³/mol. The van der Waals surface area contributed by atoms with Gasteiger partial charge in [0.05, 0.1) is 0 Å². The number of furan rings is 1. The van der Waals surface area contributed by atoms with Gasteiger partial charge in [-0.25, -0.2) is 0 Å². The average Bonchev–Trinajstić information content (AvgIpc) is 2.93. The second-order valence-electron chi connectivity index (χ2n) is 4.67. The Balaban J connectivity index is 1.71. The van der Waals surface area contributed by atoms with Crippen LogP contribution in [-0.2, 0) is 4.79 Å². The van der Waals surface area contributed by atoms with Gasteiger partial charge in [0.15, 0.2) is 0 Å². The van der Waals surface area contributed by atoms with Gasteiger partial charge < -0.3 is 24.5 Å². The minimum Gasteiger partial charge on any atom is -0.483 e. The smallest absolute Gasteiger partial charge is 0.295 e. The topological polar surface area (TPSA) is 89.8 Å². The summed E-state index contributed by atoms with van der Waals surface area (Å²) in [6.45, 7) is 2.23. The van der Waals surface area contributed by atoms with Gasteiger partial charge in [-0.15, -0.1) is 0 Å². The number of ether oxygens (including phenoxy) is 2. The Morgan fingerprint density at radius 2 is 1.64 bits per heavy atom. The molecular formula is C15H14N2O5. The van der Waals surface area contributed by atoms with E-state index in [1.54, 1.807) is 24.3 Å². The third-order valence-corrected chi connectivity index (χ3v) is 2.97. The Morgan fingerprint density at radius 3 is 2.32 bits per heavy atom. The molecule has 0 unspecified atom stereocenters. The third kappa shape index (κ3) is 2.88. The van der Waals surface area contributed by atoms with E-state index in [4.69, 9.17) is 13.9 Å². The van der Waals surface area contributed by atoms with Gasteiger partial charge >= 0.3 is 0 Å².